The lowest BCUT2D eigenvalue weighted by Gasteiger charge is -2.17. The number of benzene rings is 3. The topological polar surface area (TPSA) is 66.4 Å². The van der Waals surface area contributed by atoms with E-state index in [0.29, 0.717) is 17.5 Å². The number of fused-ring (bicyclic) bond motifs is 1. The van der Waals surface area contributed by atoms with Gasteiger partial charge in [0.2, 0.25) is 0 Å². The molecule has 4 nitrogen and oxygen atoms in total. The van der Waals surface area contributed by atoms with Crippen LogP contribution in [0.15, 0.2) is 71.8 Å². The van der Waals surface area contributed by atoms with E-state index in [1.165, 1.54) is 12.1 Å². The van der Waals surface area contributed by atoms with Crippen molar-refractivity contribution in [3.05, 3.63) is 77.4 Å². The average Bonchev–Trinajstić information content (AvgIpc) is 3.23. The number of carbonyl (C=O) groups is 2. The van der Waals surface area contributed by atoms with Gasteiger partial charge >= 0.3 is 12.1 Å². The molecule has 0 spiro atoms. The SMILES string of the molecule is O=C(O)C1=C(C(=O)Nc2ccc(-c3cccc4ccccc34)cc2C(F)(F)F)CCC1. The molecule has 1 amide bonds. The average molecular weight is 425 g/mol. The summed E-state index contributed by atoms with van der Waals surface area (Å²) in [5.74, 6) is -2.02. The molecule has 158 valence electrons. The minimum Gasteiger partial charge on any atom is -0.478 e. The molecule has 0 aliphatic heterocycles. The minimum atomic E-state index is -4.71. The van der Waals surface area contributed by atoms with Crippen LogP contribution in [0.1, 0.15) is 24.8 Å². The molecular formula is C24H18F3NO3. The van der Waals surface area contributed by atoms with Crippen LogP contribution < -0.4 is 5.32 Å². The van der Waals surface area contributed by atoms with Gasteiger partial charge in [-0.15, -0.1) is 0 Å². The Balaban J connectivity index is 1.76. The van der Waals surface area contributed by atoms with Gasteiger partial charge in [-0.25, -0.2) is 4.79 Å². The van der Waals surface area contributed by atoms with E-state index >= 15 is 0 Å². The number of rotatable bonds is 4. The van der Waals surface area contributed by atoms with E-state index in [1.54, 1.807) is 12.1 Å². The van der Waals surface area contributed by atoms with Gasteiger partial charge in [-0.1, -0.05) is 48.5 Å². The highest BCUT2D eigenvalue weighted by Gasteiger charge is 2.35. The van der Waals surface area contributed by atoms with Gasteiger partial charge in [0.1, 0.15) is 0 Å². The number of halogens is 3. The molecule has 1 aliphatic carbocycles. The van der Waals surface area contributed by atoms with Crippen LogP contribution in [-0.2, 0) is 15.8 Å². The Morgan fingerprint density at radius 2 is 1.61 bits per heavy atom. The van der Waals surface area contributed by atoms with Crippen molar-refractivity contribution >= 4 is 28.3 Å². The van der Waals surface area contributed by atoms with E-state index in [2.05, 4.69) is 5.32 Å². The van der Waals surface area contributed by atoms with Crippen LogP contribution in [0.3, 0.4) is 0 Å². The molecule has 7 heteroatoms. The van der Waals surface area contributed by atoms with E-state index in [9.17, 15) is 27.9 Å². The Kier molecular flexibility index (Phi) is 5.27. The van der Waals surface area contributed by atoms with Gasteiger partial charge in [0.25, 0.3) is 5.91 Å². The third kappa shape index (κ3) is 4.03. The Hall–Kier alpha value is -3.61. The van der Waals surface area contributed by atoms with Gasteiger partial charge in [-0.05, 0) is 53.3 Å². The first kappa shape index (κ1) is 20.7. The second-order valence-electron chi connectivity index (χ2n) is 7.35. The molecular weight excluding hydrogens is 407 g/mol. The maximum atomic E-state index is 13.8. The van der Waals surface area contributed by atoms with Crippen LogP contribution in [0, 0.1) is 0 Å². The molecule has 0 unspecified atom stereocenters. The van der Waals surface area contributed by atoms with Crippen LogP contribution in [0.4, 0.5) is 18.9 Å². The maximum absolute atomic E-state index is 13.8. The zero-order valence-corrected chi connectivity index (χ0v) is 16.3. The van der Waals surface area contributed by atoms with Gasteiger partial charge in [0.15, 0.2) is 0 Å². The number of alkyl halides is 3. The molecule has 0 bridgehead atoms. The van der Waals surface area contributed by atoms with Crippen molar-refractivity contribution in [1.29, 1.82) is 0 Å². The highest BCUT2D eigenvalue weighted by molar-refractivity contribution is 6.09. The van der Waals surface area contributed by atoms with Gasteiger partial charge in [0.05, 0.1) is 11.3 Å². The quantitative estimate of drug-likeness (QED) is 0.536. The van der Waals surface area contributed by atoms with Crippen LogP contribution in [-0.4, -0.2) is 17.0 Å². The predicted molar refractivity (Wildman–Crippen MR) is 112 cm³/mol. The molecule has 0 radical (unpaired) electrons. The zero-order chi connectivity index (χ0) is 22.2. The summed E-state index contributed by atoms with van der Waals surface area (Å²) in [6.07, 6.45) is -3.77. The third-order valence-corrected chi connectivity index (χ3v) is 5.42. The Bertz CT molecular complexity index is 1220. The van der Waals surface area contributed by atoms with E-state index in [1.807, 2.05) is 30.3 Å². The van der Waals surface area contributed by atoms with E-state index < -0.39 is 29.3 Å². The highest BCUT2D eigenvalue weighted by atomic mass is 19.4. The normalized spacial score (nSPS) is 14.2. The van der Waals surface area contributed by atoms with E-state index in [-0.39, 0.29) is 24.0 Å². The first-order valence-electron chi connectivity index (χ1n) is 9.72. The number of carbonyl (C=O) groups excluding carboxylic acids is 1. The summed E-state index contributed by atoms with van der Waals surface area (Å²) in [6, 6.07) is 16.6. The predicted octanol–water partition coefficient (Wildman–Crippen LogP) is 6.03. The molecule has 1 aliphatic rings. The van der Waals surface area contributed by atoms with Crippen molar-refractivity contribution in [2.75, 3.05) is 5.32 Å². The second-order valence-corrected chi connectivity index (χ2v) is 7.35. The van der Waals surface area contributed by atoms with Gasteiger partial charge in [-0.2, -0.15) is 13.2 Å². The Morgan fingerprint density at radius 3 is 2.35 bits per heavy atom. The first-order chi connectivity index (χ1) is 14.8. The maximum Gasteiger partial charge on any atom is 0.418 e. The molecule has 3 aromatic rings. The van der Waals surface area contributed by atoms with Gasteiger partial charge < -0.3 is 10.4 Å². The zero-order valence-electron chi connectivity index (χ0n) is 16.3. The smallest absolute Gasteiger partial charge is 0.418 e. The summed E-state index contributed by atoms with van der Waals surface area (Å²) < 4.78 is 41.5. The number of aliphatic carboxylic acids is 1. The van der Waals surface area contributed by atoms with E-state index in [4.69, 9.17) is 0 Å². The second kappa shape index (κ2) is 7.91. The van der Waals surface area contributed by atoms with Crippen molar-refractivity contribution in [1.82, 2.24) is 0 Å². The molecule has 3 aromatic carbocycles. The fourth-order valence-electron chi connectivity index (χ4n) is 3.96. The fourth-order valence-corrected chi connectivity index (χ4v) is 3.96. The number of amides is 1. The summed E-state index contributed by atoms with van der Waals surface area (Å²) in [5.41, 5.74) is -0.383. The first-order valence-corrected chi connectivity index (χ1v) is 9.72. The number of carboxylic acids is 1. The number of carboxylic acid groups (broad SMARTS) is 1. The van der Waals surface area contributed by atoms with Crippen LogP contribution in [0.5, 0.6) is 0 Å². The van der Waals surface area contributed by atoms with Crippen LogP contribution in [0.25, 0.3) is 21.9 Å². The van der Waals surface area contributed by atoms with Crippen LogP contribution in [0.2, 0.25) is 0 Å². The molecule has 0 saturated carbocycles. The van der Waals surface area contributed by atoms with Crippen molar-refractivity contribution < 1.29 is 27.9 Å². The van der Waals surface area contributed by atoms with Gasteiger partial charge in [-0.3, -0.25) is 4.79 Å². The summed E-state index contributed by atoms with van der Waals surface area (Å²) in [7, 11) is 0. The van der Waals surface area contributed by atoms with E-state index in [0.717, 1.165) is 16.8 Å². The van der Waals surface area contributed by atoms with Crippen molar-refractivity contribution in [2.45, 2.75) is 25.4 Å². The molecule has 0 heterocycles. The largest absolute Gasteiger partial charge is 0.478 e. The minimum absolute atomic E-state index is 0.0266. The molecule has 2 N–H and O–H groups in total. The highest BCUT2D eigenvalue weighted by Crippen LogP contribution is 2.39. The molecule has 0 saturated heterocycles. The number of anilines is 1. The van der Waals surface area contributed by atoms with Crippen molar-refractivity contribution in [2.24, 2.45) is 0 Å². The number of hydrogen-bond donors (Lipinski definition) is 2. The molecule has 31 heavy (non-hydrogen) atoms. The molecule has 0 aromatic heterocycles. The standard InChI is InChI=1S/C24H18F3NO3/c25-24(26,27)20-13-15(17-8-3-6-14-5-1-2-7-16(14)17)11-12-21(20)28-22(29)18-9-4-10-19(18)23(30)31/h1-3,5-8,11-13H,4,9-10H2,(H,28,29)(H,30,31). The summed E-state index contributed by atoms with van der Waals surface area (Å²) in [4.78, 5) is 23.8. The summed E-state index contributed by atoms with van der Waals surface area (Å²) in [6.45, 7) is 0. The molecule has 0 fully saturated rings. The van der Waals surface area contributed by atoms with Crippen molar-refractivity contribution in [3.63, 3.8) is 0 Å². The summed E-state index contributed by atoms with van der Waals surface area (Å²) >= 11 is 0. The Labute approximate surface area is 176 Å². The lowest BCUT2D eigenvalue weighted by Crippen LogP contribution is -2.19. The lowest BCUT2D eigenvalue weighted by molar-refractivity contribution is -0.137. The molecule has 0 atom stereocenters. The monoisotopic (exact) mass is 425 g/mol. The molecule has 4 rings (SSSR count). The summed E-state index contributed by atoms with van der Waals surface area (Å²) in [5, 5.41) is 13.2. The van der Waals surface area contributed by atoms with Crippen molar-refractivity contribution in [3.8, 4) is 11.1 Å². The fraction of sp³-hybridized carbons (Fsp3) is 0.167. The number of hydrogen-bond acceptors (Lipinski definition) is 2. The Morgan fingerprint density at radius 1 is 0.903 bits per heavy atom. The van der Waals surface area contributed by atoms with Gasteiger partial charge in [0, 0.05) is 11.1 Å². The number of nitrogens with one attached hydrogen (secondary N) is 1. The third-order valence-electron chi connectivity index (χ3n) is 5.42. The van der Waals surface area contributed by atoms with Crippen LogP contribution >= 0.6 is 0 Å². The lowest BCUT2D eigenvalue weighted by atomic mass is 9.96.